The molecule has 0 aromatic heterocycles. The van der Waals surface area contributed by atoms with Crippen molar-refractivity contribution < 1.29 is 14.4 Å². The number of thiocarbonyl (C=S) groups is 1. The number of carbonyl (C=O) groups excluding carboxylic acids is 3. The zero-order valence-corrected chi connectivity index (χ0v) is 17.8. The van der Waals surface area contributed by atoms with Crippen LogP contribution in [-0.4, -0.2) is 33.4 Å². The Kier molecular flexibility index (Phi) is 5.77. The highest BCUT2D eigenvalue weighted by atomic mass is 32.1. The monoisotopic (exact) mass is 420 g/mol. The van der Waals surface area contributed by atoms with Crippen LogP contribution in [0, 0.1) is 6.92 Å². The minimum Gasteiger partial charge on any atom is -0.327 e. The van der Waals surface area contributed by atoms with Gasteiger partial charge in [0.05, 0.1) is 6.04 Å². The lowest BCUT2D eigenvalue weighted by Crippen LogP contribution is -2.41. The number of anilines is 1. The van der Waals surface area contributed by atoms with E-state index in [4.69, 9.17) is 12.2 Å². The van der Waals surface area contributed by atoms with Gasteiger partial charge in [-0.1, -0.05) is 29.9 Å². The molecule has 1 atom stereocenters. The standard InChI is InChI=1S/C24H24N2O3S/c1-15-4-2-5-16(12-15)23(28)25-18-8-10-20-17(13-18)14-26(24(20)29)21-11-9-19(27)6-3-7-22(21)30/h2,4-5,8,10,12-13,21H,3,6-7,9,11,14H2,1H3,(H,25,28). The zero-order valence-electron chi connectivity index (χ0n) is 16.9. The molecular formula is C24H24N2O3S. The van der Waals surface area contributed by atoms with E-state index in [0.29, 0.717) is 49.0 Å². The number of rotatable bonds is 3. The Labute approximate surface area is 181 Å². The first kappa shape index (κ1) is 20.4. The molecule has 6 heteroatoms. The lowest BCUT2D eigenvalue weighted by Gasteiger charge is -2.29. The predicted molar refractivity (Wildman–Crippen MR) is 120 cm³/mol. The van der Waals surface area contributed by atoms with Gasteiger partial charge in [0.1, 0.15) is 5.78 Å². The normalized spacial score (nSPS) is 19.3. The molecule has 1 aliphatic carbocycles. The summed E-state index contributed by atoms with van der Waals surface area (Å²) >= 11 is 5.60. The fourth-order valence-corrected chi connectivity index (χ4v) is 4.59. The van der Waals surface area contributed by atoms with Gasteiger partial charge in [0.15, 0.2) is 0 Å². The van der Waals surface area contributed by atoms with Crippen LogP contribution in [0.4, 0.5) is 5.69 Å². The molecule has 1 unspecified atom stereocenters. The Bertz CT molecular complexity index is 1050. The highest BCUT2D eigenvalue weighted by molar-refractivity contribution is 7.80. The average molecular weight is 421 g/mol. The number of nitrogens with zero attached hydrogens (tertiary/aromatic N) is 1. The lowest BCUT2D eigenvalue weighted by molar-refractivity contribution is -0.119. The summed E-state index contributed by atoms with van der Waals surface area (Å²) in [6.45, 7) is 2.39. The van der Waals surface area contributed by atoms with E-state index in [1.165, 1.54) is 0 Å². The molecule has 2 aliphatic rings. The van der Waals surface area contributed by atoms with Gasteiger partial charge in [0.2, 0.25) is 0 Å². The van der Waals surface area contributed by atoms with Crippen LogP contribution in [0.1, 0.15) is 63.9 Å². The number of benzene rings is 2. The summed E-state index contributed by atoms with van der Waals surface area (Å²) in [6, 6.07) is 12.6. The molecule has 0 radical (unpaired) electrons. The van der Waals surface area contributed by atoms with Gasteiger partial charge < -0.3 is 10.2 Å². The van der Waals surface area contributed by atoms with Crippen LogP contribution in [0.5, 0.6) is 0 Å². The first-order chi connectivity index (χ1) is 14.4. The van der Waals surface area contributed by atoms with Crippen molar-refractivity contribution in [2.24, 2.45) is 0 Å². The van der Waals surface area contributed by atoms with E-state index >= 15 is 0 Å². The molecule has 30 heavy (non-hydrogen) atoms. The zero-order chi connectivity index (χ0) is 21.3. The van der Waals surface area contributed by atoms with Crippen LogP contribution in [0.3, 0.4) is 0 Å². The molecule has 154 valence electrons. The van der Waals surface area contributed by atoms with Crippen molar-refractivity contribution in [3.8, 4) is 0 Å². The molecule has 0 saturated heterocycles. The number of hydrogen-bond acceptors (Lipinski definition) is 4. The summed E-state index contributed by atoms with van der Waals surface area (Å²) < 4.78 is 0. The SMILES string of the molecule is Cc1cccc(C(=O)Nc2ccc3c(c2)CN(C2CCC(=O)CCCC2=S)C3=O)c1. The molecule has 1 fully saturated rings. The van der Waals surface area contributed by atoms with Crippen LogP contribution < -0.4 is 5.32 Å². The van der Waals surface area contributed by atoms with Gasteiger partial charge in [0.25, 0.3) is 11.8 Å². The van der Waals surface area contributed by atoms with E-state index in [2.05, 4.69) is 5.32 Å². The molecule has 4 rings (SSSR count). The first-order valence-corrected chi connectivity index (χ1v) is 10.7. The molecule has 1 saturated carbocycles. The van der Waals surface area contributed by atoms with Gasteiger partial charge in [-0.2, -0.15) is 0 Å². The molecular weight excluding hydrogens is 396 g/mol. The van der Waals surface area contributed by atoms with Gasteiger partial charge in [-0.3, -0.25) is 14.4 Å². The van der Waals surface area contributed by atoms with Crippen molar-refractivity contribution in [2.75, 3.05) is 5.32 Å². The highest BCUT2D eigenvalue weighted by Gasteiger charge is 2.35. The lowest BCUT2D eigenvalue weighted by atomic mass is 9.94. The van der Waals surface area contributed by atoms with E-state index in [1.807, 2.05) is 31.2 Å². The van der Waals surface area contributed by atoms with Gasteiger partial charge in [0, 0.05) is 41.1 Å². The van der Waals surface area contributed by atoms with Gasteiger partial charge in [-0.05, 0) is 62.1 Å². The minimum atomic E-state index is -0.186. The topological polar surface area (TPSA) is 66.5 Å². The summed E-state index contributed by atoms with van der Waals surface area (Å²) in [4.78, 5) is 40.1. The van der Waals surface area contributed by atoms with Crippen LogP contribution in [0.2, 0.25) is 0 Å². The second kappa shape index (κ2) is 8.48. The third-order valence-corrected chi connectivity index (χ3v) is 6.27. The van der Waals surface area contributed by atoms with Gasteiger partial charge >= 0.3 is 0 Å². The van der Waals surface area contributed by atoms with Crippen LogP contribution >= 0.6 is 12.2 Å². The maximum absolute atomic E-state index is 13.0. The van der Waals surface area contributed by atoms with E-state index in [0.717, 1.165) is 22.4 Å². The molecule has 2 aromatic rings. The maximum atomic E-state index is 13.0. The largest absolute Gasteiger partial charge is 0.327 e. The minimum absolute atomic E-state index is 0.0538. The smallest absolute Gasteiger partial charge is 0.255 e. The highest BCUT2D eigenvalue weighted by Crippen LogP contribution is 2.30. The number of amides is 2. The number of Topliss-reactive ketones (excluding diaryl/α,β-unsaturated/α-hetero) is 1. The molecule has 2 amide bonds. The Hall–Kier alpha value is -2.86. The van der Waals surface area contributed by atoms with E-state index in [-0.39, 0.29) is 23.6 Å². The molecule has 1 aliphatic heterocycles. The van der Waals surface area contributed by atoms with E-state index < -0.39 is 0 Å². The van der Waals surface area contributed by atoms with E-state index in [9.17, 15) is 14.4 Å². The molecule has 2 aromatic carbocycles. The van der Waals surface area contributed by atoms with Crippen molar-refractivity contribution in [2.45, 2.75) is 51.6 Å². The Balaban J connectivity index is 1.51. The number of carbonyl (C=O) groups is 3. The van der Waals surface area contributed by atoms with E-state index in [1.54, 1.807) is 23.1 Å². The number of ketones is 1. The summed E-state index contributed by atoms with van der Waals surface area (Å²) in [5.41, 5.74) is 3.78. The van der Waals surface area contributed by atoms with Crippen molar-refractivity contribution in [1.82, 2.24) is 4.90 Å². The van der Waals surface area contributed by atoms with Crippen molar-refractivity contribution in [1.29, 1.82) is 0 Å². The Morgan fingerprint density at radius 1 is 1.10 bits per heavy atom. The third kappa shape index (κ3) is 4.19. The number of nitrogens with one attached hydrogen (secondary N) is 1. The average Bonchev–Trinajstić information content (AvgIpc) is 3.02. The molecule has 1 heterocycles. The van der Waals surface area contributed by atoms with Crippen molar-refractivity contribution >= 4 is 40.4 Å². The molecule has 0 bridgehead atoms. The van der Waals surface area contributed by atoms with Gasteiger partial charge in [-0.25, -0.2) is 0 Å². The molecule has 5 nitrogen and oxygen atoms in total. The Morgan fingerprint density at radius 2 is 1.93 bits per heavy atom. The van der Waals surface area contributed by atoms with Crippen LogP contribution in [0.15, 0.2) is 42.5 Å². The number of hydrogen-bond donors (Lipinski definition) is 1. The first-order valence-electron chi connectivity index (χ1n) is 10.3. The fourth-order valence-electron chi connectivity index (χ4n) is 4.20. The van der Waals surface area contributed by atoms with Crippen molar-refractivity contribution in [3.63, 3.8) is 0 Å². The van der Waals surface area contributed by atoms with Crippen LogP contribution in [0.25, 0.3) is 0 Å². The molecule has 0 spiro atoms. The second-order valence-electron chi connectivity index (χ2n) is 8.04. The predicted octanol–water partition coefficient (Wildman–Crippen LogP) is 4.47. The molecule has 1 N–H and O–H groups in total. The summed E-state index contributed by atoms with van der Waals surface area (Å²) in [7, 11) is 0. The van der Waals surface area contributed by atoms with Gasteiger partial charge in [-0.15, -0.1) is 0 Å². The number of aryl methyl sites for hydroxylation is 1. The van der Waals surface area contributed by atoms with Crippen LogP contribution in [-0.2, 0) is 11.3 Å². The quantitative estimate of drug-likeness (QED) is 0.744. The Morgan fingerprint density at radius 3 is 2.73 bits per heavy atom. The summed E-state index contributed by atoms with van der Waals surface area (Å²) in [6.07, 6.45) is 3.09. The second-order valence-corrected chi connectivity index (χ2v) is 8.57. The fraction of sp³-hybridized carbons (Fsp3) is 0.333. The summed E-state index contributed by atoms with van der Waals surface area (Å²) in [5.74, 6) is 0.00859. The third-order valence-electron chi connectivity index (χ3n) is 5.80. The van der Waals surface area contributed by atoms with Crippen molar-refractivity contribution in [3.05, 3.63) is 64.7 Å². The maximum Gasteiger partial charge on any atom is 0.255 e. The summed E-state index contributed by atoms with van der Waals surface area (Å²) in [5, 5.41) is 2.92. The number of fused-ring (bicyclic) bond motifs is 1.